The van der Waals surface area contributed by atoms with Crippen LogP contribution in [0.25, 0.3) is 0 Å². The van der Waals surface area contributed by atoms with Gasteiger partial charge in [-0.3, -0.25) is 19.2 Å². The molecular formula is C36H21ClF12N2O5. The first-order valence-corrected chi connectivity index (χ1v) is 16.7. The fraction of sp³-hybridized carbons (Fsp3) is 0.333. The molecule has 2 saturated heterocycles. The van der Waals surface area contributed by atoms with Crippen molar-refractivity contribution in [3.05, 3.63) is 99.1 Å². The molecule has 2 aliphatic heterocycles. The molecule has 20 heteroatoms. The zero-order valence-electron chi connectivity index (χ0n) is 27.5. The predicted molar refractivity (Wildman–Crippen MR) is 169 cm³/mol. The van der Waals surface area contributed by atoms with Crippen LogP contribution in [0, 0.1) is 29.6 Å². The summed E-state index contributed by atoms with van der Waals surface area (Å²) in [7, 11) is 0. The van der Waals surface area contributed by atoms with Gasteiger partial charge in [-0.15, -0.1) is 0 Å². The van der Waals surface area contributed by atoms with Gasteiger partial charge < -0.3 is 5.11 Å². The Bertz CT molecular complexity index is 2180. The molecule has 1 N–H and O–H groups in total. The van der Waals surface area contributed by atoms with Crippen LogP contribution in [0.1, 0.15) is 46.6 Å². The molecule has 2 aliphatic carbocycles. The standard InChI is InChI=1S/C36H21ClF12N2O5/c37-17-1-4-25(52)23(11-17)26-20-2-3-21-27(31(55)50(29(21)53)18-7-13(33(38,39)40)5-14(8-18)34(41,42)43)22(20)12-24-28(26)32(56)51(30(24)54)19-9-15(35(44,45)46)6-16(10-19)36(47,48)49/h1-2,4-11,21-22,24,26-28,52H,3,12H2. The molecule has 0 radical (unpaired) electrons. The maximum Gasteiger partial charge on any atom is 0.416 e. The van der Waals surface area contributed by atoms with E-state index in [1.54, 1.807) is 0 Å². The summed E-state index contributed by atoms with van der Waals surface area (Å²) in [4.78, 5) is 56.5. The molecule has 3 aromatic rings. The number of nitrogens with zero attached hydrogens (tertiary/aromatic N) is 2. The van der Waals surface area contributed by atoms with Crippen LogP contribution >= 0.6 is 11.6 Å². The summed E-state index contributed by atoms with van der Waals surface area (Å²) in [5, 5.41) is 10.9. The SMILES string of the molecule is O=C1C2CC=C3C(CC4C(=O)N(c5cc(C(F)(F)F)cc(C(F)(F)F)c5)C(=O)C4C3c3cc(Cl)ccc3O)C2C(=O)N1c1cc(C(F)(F)F)cc(C(F)(F)F)c1. The van der Waals surface area contributed by atoms with Gasteiger partial charge in [0, 0.05) is 16.5 Å². The maximum absolute atomic E-state index is 14.2. The lowest BCUT2D eigenvalue weighted by atomic mass is 9.57. The molecule has 4 amide bonds. The number of allylic oxidation sites excluding steroid dienone is 2. The fourth-order valence-corrected chi connectivity index (χ4v) is 8.54. The first kappa shape index (κ1) is 39.2. The third kappa shape index (κ3) is 6.36. The van der Waals surface area contributed by atoms with Crippen molar-refractivity contribution in [2.24, 2.45) is 29.6 Å². The largest absolute Gasteiger partial charge is 0.508 e. The highest BCUT2D eigenvalue weighted by Crippen LogP contribution is 2.60. The van der Waals surface area contributed by atoms with Gasteiger partial charge in [0.25, 0.3) is 0 Å². The average Bonchev–Trinajstić information content (AvgIpc) is 3.50. The number of fused-ring (bicyclic) bond motifs is 4. The molecule has 6 unspecified atom stereocenters. The van der Waals surface area contributed by atoms with Crippen LogP contribution in [0.15, 0.2) is 66.2 Å². The van der Waals surface area contributed by atoms with E-state index in [4.69, 9.17) is 11.6 Å². The lowest BCUT2D eigenvalue weighted by Crippen LogP contribution is -2.43. The second-order valence-electron chi connectivity index (χ2n) is 13.8. The van der Waals surface area contributed by atoms with Crippen LogP contribution in [0.4, 0.5) is 64.1 Å². The Hall–Kier alpha value is -5.07. The third-order valence-corrected chi connectivity index (χ3v) is 10.9. The van der Waals surface area contributed by atoms with Gasteiger partial charge in [-0.1, -0.05) is 23.3 Å². The summed E-state index contributed by atoms with van der Waals surface area (Å²) in [6.07, 6.45) is -21.1. The van der Waals surface area contributed by atoms with Gasteiger partial charge in [-0.2, -0.15) is 52.7 Å². The number of phenols is 1. The first-order valence-electron chi connectivity index (χ1n) is 16.3. The van der Waals surface area contributed by atoms with Crippen molar-refractivity contribution < 1.29 is 77.0 Å². The number of carbonyl (C=O) groups excluding carboxylic acids is 4. The number of halogens is 13. The number of amides is 4. The molecule has 0 aromatic heterocycles. The number of hydrogen-bond acceptors (Lipinski definition) is 5. The molecule has 6 atom stereocenters. The summed E-state index contributed by atoms with van der Waals surface area (Å²) in [6.45, 7) is 0. The summed E-state index contributed by atoms with van der Waals surface area (Å²) in [6, 6.07) is 3.74. The highest BCUT2D eigenvalue weighted by Gasteiger charge is 2.63. The van der Waals surface area contributed by atoms with E-state index >= 15 is 0 Å². The molecule has 2 heterocycles. The monoisotopic (exact) mass is 824 g/mol. The quantitative estimate of drug-likeness (QED) is 0.162. The van der Waals surface area contributed by atoms with E-state index < -0.39 is 130 Å². The summed E-state index contributed by atoms with van der Waals surface area (Å²) >= 11 is 6.20. The van der Waals surface area contributed by atoms with E-state index in [-0.39, 0.29) is 68.8 Å². The van der Waals surface area contributed by atoms with Gasteiger partial charge in [0.05, 0.1) is 57.3 Å². The van der Waals surface area contributed by atoms with Crippen molar-refractivity contribution in [3.8, 4) is 5.75 Å². The minimum absolute atomic E-state index is 0.0459. The van der Waals surface area contributed by atoms with Gasteiger partial charge in [-0.25, -0.2) is 9.80 Å². The van der Waals surface area contributed by atoms with E-state index in [0.29, 0.717) is 0 Å². The molecule has 3 aromatic carbocycles. The Morgan fingerprint density at radius 1 is 0.554 bits per heavy atom. The van der Waals surface area contributed by atoms with Crippen LogP contribution in [0.5, 0.6) is 5.75 Å². The van der Waals surface area contributed by atoms with Crippen molar-refractivity contribution in [1.29, 1.82) is 0 Å². The lowest BCUT2D eigenvalue weighted by molar-refractivity contribution is -0.144. The Labute approximate surface area is 311 Å². The first-order chi connectivity index (χ1) is 25.8. The van der Waals surface area contributed by atoms with Gasteiger partial charge in [0.1, 0.15) is 5.75 Å². The molecule has 56 heavy (non-hydrogen) atoms. The number of alkyl halides is 12. The number of aromatic hydroxyl groups is 1. The summed E-state index contributed by atoms with van der Waals surface area (Å²) in [5.74, 6) is -14.6. The Morgan fingerprint density at radius 2 is 0.982 bits per heavy atom. The maximum atomic E-state index is 14.2. The number of anilines is 2. The second-order valence-corrected chi connectivity index (χ2v) is 14.2. The Balaban J connectivity index is 1.36. The van der Waals surface area contributed by atoms with Crippen molar-refractivity contribution in [3.63, 3.8) is 0 Å². The van der Waals surface area contributed by atoms with E-state index in [1.807, 2.05) is 0 Å². The van der Waals surface area contributed by atoms with Crippen LogP contribution in [-0.4, -0.2) is 28.7 Å². The van der Waals surface area contributed by atoms with E-state index in [2.05, 4.69) is 0 Å². The van der Waals surface area contributed by atoms with Crippen LogP contribution in [-0.2, 0) is 43.9 Å². The van der Waals surface area contributed by atoms with Crippen LogP contribution in [0.2, 0.25) is 5.02 Å². The molecule has 7 rings (SSSR count). The van der Waals surface area contributed by atoms with E-state index in [0.717, 1.165) is 12.1 Å². The van der Waals surface area contributed by atoms with Gasteiger partial charge in [-0.05, 0) is 73.4 Å². The summed E-state index contributed by atoms with van der Waals surface area (Å²) in [5.41, 5.74) is -9.57. The third-order valence-electron chi connectivity index (χ3n) is 10.6. The van der Waals surface area contributed by atoms with Crippen LogP contribution < -0.4 is 9.80 Å². The topological polar surface area (TPSA) is 95.0 Å². The molecule has 7 nitrogen and oxygen atoms in total. The molecule has 0 bridgehead atoms. The molecular weight excluding hydrogens is 804 g/mol. The molecule has 3 fully saturated rings. The van der Waals surface area contributed by atoms with Gasteiger partial charge >= 0.3 is 24.7 Å². The second kappa shape index (κ2) is 12.7. The number of imide groups is 2. The van der Waals surface area contributed by atoms with Gasteiger partial charge in [0.15, 0.2) is 0 Å². The van der Waals surface area contributed by atoms with Crippen molar-refractivity contribution in [1.82, 2.24) is 0 Å². The molecule has 4 aliphatic rings. The number of phenolic OH excluding ortho intramolecular Hbond substituents is 1. The zero-order chi connectivity index (χ0) is 41.2. The minimum Gasteiger partial charge on any atom is -0.508 e. The number of rotatable bonds is 3. The smallest absolute Gasteiger partial charge is 0.416 e. The Morgan fingerprint density at radius 3 is 1.43 bits per heavy atom. The van der Waals surface area contributed by atoms with Gasteiger partial charge in [0.2, 0.25) is 23.6 Å². The lowest BCUT2D eigenvalue weighted by Gasteiger charge is -2.44. The Kier molecular flexibility index (Phi) is 8.90. The highest BCUT2D eigenvalue weighted by molar-refractivity contribution is 6.30. The number of carbonyl (C=O) groups is 4. The van der Waals surface area contributed by atoms with E-state index in [9.17, 15) is 77.0 Å². The molecule has 1 saturated carbocycles. The number of hydrogen-bond donors (Lipinski definition) is 1. The van der Waals surface area contributed by atoms with Crippen molar-refractivity contribution in [2.75, 3.05) is 9.80 Å². The number of benzene rings is 3. The normalized spacial score (nSPS) is 25.7. The van der Waals surface area contributed by atoms with E-state index in [1.165, 1.54) is 12.1 Å². The highest BCUT2D eigenvalue weighted by atomic mass is 35.5. The summed E-state index contributed by atoms with van der Waals surface area (Å²) < 4.78 is 165. The predicted octanol–water partition coefficient (Wildman–Crippen LogP) is 9.17. The zero-order valence-corrected chi connectivity index (χ0v) is 28.3. The fourth-order valence-electron chi connectivity index (χ4n) is 8.36. The average molecular weight is 825 g/mol. The molecule has 296 valence electrons. The van der Waals surface area contributed by atoms with Crippen molar-refractivity contribution in [2.45, 2.75) is 43.5 Å². The van der Waals surface area contributed by atoms with Crippen LogP contribution in [0.3, 0.4) is 0 Å². The van der Waals surface area contributed by atoms with Crippen molar-refractivity contribution >= 4 is 46.6 Å². The molecule has 0 spiro atoms. The minimum atomic E-state index is -5.37.